The molecule has 3 aromatic rings. The summed E-state index contributed by atoms with van der Waals surface area (Å²) in [5, 5.41) is 16.5. The predicted molar refractivity (Wildman–Crippen MR) is 136 cm³/mol. The highest BCUT2D eigenvalue weighted by Crippen LogP contribution is 2.36. The fourth-order valence-electron chi connectivity index (χ4n) is 3.40. The normalized spacial score (nSPS) is 11.0. The summed E-state index contributed by atoms with van der Waals surface area (Å²) in [7, 11) is 1.55. The Balaban J connectivity index is 1.98. The number of hydrogen-bond donors (Lipinski definition) is 2. The Morgan fingerprint density at radius 3 is 2.70 bits per heavy atom. The van der Waals surface area contributed by atoms with Gasteiger partial charge in [-0.3, -0.25) is 9.78 Å². The first-order chi connectivity index (χ1) is 16.0. The Hall–Kier alpha value is -3.41. The molecule has 2 N–H and O–H groups in total. The minimum atomic E-state index is -0.241. The molecule has 0 bridgehead atoms. The van der Waals surface area contributed by atoms with E-state index in [1.54, 1.807) is 19.2 Å². The molecule has 3 rings (SSSR count). The maximum Gasteiger partial charge on any atom is 0.248 e. The monoisotopic (exact) mass is 507 g/mol. The average Bonchev–Trinajstić information content (AvgIpc) is 2.81. The third kappa shape index (κ3) is 6.09. The number of fused-ring (bicyclic) bond motifs is 1. The number of anilines is 3. The zero-order valence-corrected chi connectivity index (χ0v) is 20.4. The lowest BCUT2D eigenvalue weighted by Crippen LogP contribution is -2.23. The molecule has 1 aromatic heterocycles. The van der Waals surface area contributed by atoms with Crippen molar-refractivity contribution < 1.29 is 9.53 Å². The van der Waals surface area contributed by atoms with Crippen molar-refractivity contribution in [2.45, 2.75) is 13.8 Å². The van der Waals surface area contributed by atoms with Crippen LogP contribution in [-0.2, 0) is 4.79 Å². The number of benzene rings is 2. The minimum Gasteiger partial charge on any atom is -0.494 e. The van der Waals surface area contributed by atoms with Gasteiger partial charge in [-0.2, -0.15) is 5.26 Å². The molecule has 0 saturated carbocycles. The number of methoxy groups -OCH3 is 1. The number of nitriles is 1. The SMILES string of the molecule is CCN(CC)C/C=C/C(=O)Nc1cc(OC)c2ncc(C#N)c(Nc3cccc(Br)c3)c2c1. The number of nitrogens with one attached hydrogen (secondary N) is 2. The van der Waals surface area contributed by atoms with Crippen LogP contribution >= 0.6 is 15.9 Å². The van der Waals surface area contributed by atoms with Crippen molar-refractivity contribution in [2.24, 2.45) is 0 Å². The van der Waals surface area contributed by atoms with Crippen molar-refractivity contribution in [3.05, 3.63) is 64.8 Å². The van der Waals surface area contributed by atoms with Crippen LogP contribution in [0.15, 0.2) is 59.2 Å². The maximum absolute atomic E-state index is 12.5. The fourth-order valence-corrected chi connectivity index (χ4v) is 3.80. The number of ether oxygens (including phenoxy) is 1. The van der Waals surface area contributed by atoms with Gasteiger partial charge in [-0.15, -0.1) is 0 Å². The first-order valence-electron chi connectivity index (χ1n) is 10.6. The van der Waals surface area contributed by atoms with Crippen molar-refractivity contribution >= 4 is 49.8 Å². The standard InChI is InChI=1S/C25H26BrN5O2/c1-4-31(5-2)11-7-10-23(32)29-20-13-21-24(30-19-9-6-8-18(26)12-19)17(15-27)16-28-25(21)22(14-20)33-3/h6-10,12-14,16H,4-5,11H2,1-3H3,(H,28,30)(H,29,32)/b10-7+. The van der Waals surface area contributed by atoms with E-state index in [1.165, 1.54) is 12.3 Å². The second kappa shape index (κ2) is 11.5. The van der Waals surface area contributed by atoms with E-state index in [-0.39, 0.29) is 5.91 Å². The van der Waals surface area contributed by atoms with Crippen LogP contribution in [0.2, 0.25) is 0 Å². The molecule has 0 aliphatic rings. The molecule has 0 fully saturated rings. The van der Waals surface area contributed by atoms with Gasteiger partial charge in [-0.25, -0.2) is 0 Å². The van der Waals surface area contributed by atoms with Gasteiger partial charge in [0.2, 0.25) is 5.91 Å². The molecule has 2 aromatic carbocycles. The summed E-state index contributed by atoms with van der Waals surface area (Å²) in [6.07, 6.45) is 4.88. The van der Waals surface area contributed by atoms with Crippen molar-refractivity contribution in [1.82, 2.24) is 9.88 Å². The summed E-state index contributed by atoms with van der Waals surface area (Å²) >= 11 is 3.47. The van der Waals surface area contributed by atoms with Crippen LogP contribution in [0.1, 0.15) is 19.4 Å². The Labute approximate surface area is 202 Å². The van der Waals surface area contributed by atoms with E-state index in [0.29, 0.717) is 40.1 Å². The molecule has 0 spiro atoms. The van der Waals surface area contributed by atoms with Crippen LogP contribution in [0.5, 0.6) is 5.75 Å². The lowest BCUT2D eigenvalue weighted by atomic mass is 10.1. The number of carbonyl (C=O) groups is 1. The molecule has 0 saturated heterocycles. The number of likely N-dealkylation sites (N-methyl/N-ethyl adjacent to an activating group) is 1. The van der Waals surface area contributed by atoms with Gasteiger partial charge in [0.25, 0.3) is 0 Å². The van der Waals surface area contributed by atoms with E-state index >= 15 is 0 Å². The largest absolute Gasteiger partial charge is 0.494 e. The third-order valence-corrected chi connectivity index (χ3v) is 5.66. The summed E-state index contributed by atoms with van der Waals surface area (Å²) < 4.78 is 6.44. The molecule has 1 amide bonds. The van der Waals surface area contributed by atoms with E-state index < -0.39 is 0 Å². The number of rotatable bonds is 9. The van der Waals surface area contributed by atoms with Gasteiger partial charge in [0.05, 0.1) is 18.4 Å². The van der Waals surface area contributed by atoms with E-state index in [9.17, 15) is 10.1 Å². The van der Waals surface area contributed by atoms with Gasteiger partial charge in [-0.1, -0.05) is 41.9 Å². The first-order valence-corrected chi connectivity index (χ1v) is 11.4. The quantitative estimate of drug-likeness (QED) is 0.373. The van der Waals surface area contributed by atoms with Gasteiger partial charge < -0.3 is 20.3 Å². The average molecular weight is 508 g/mol. The summed E-state index contributed by atoms with van der Waals surface area (Å²) in [4.78, 5) is 19.1. The van der Waals surface area contributed by atoms with E-state index in [0.717, 1.165) is 23.2 Å². The number of carbonyl (C=O) groups excluding carboxylic acids is 1. The molecule has 170 valence electrons. The molecule has 0 aliphatic carbocycles. The van der Waals surface area contributed by atoms with Crippen LogP contribution in [0, 0.1) is 11.3 Å². The molecule has 33 heavy (non-hydrogen) atoms. The van der Waals surface area contributed by atoms with Gasteiger partial charge in [-0.05, 0) is 37.4 Å². The number of amides is 1. The number of hydrogen-bond acceptors (Lipinski definition) is 6. The zero-order chi connectivity index (χ0) is 23.8. The van der Waals surface area contributed by atoms with Crippen LogP contribution in [0.3, 0.4) is 0 Å². The summed E-state index contributed by atoms with van der Waals surface area (Å²) in [6, 6.07) is 13.3. The highest BCUT2D eigenvalue weighted by molar-refractivity contribution is 9.10. The molecule has 0 unspecified atom stereocenters. The van der Waals surface area contributed by atoms with Crippen LogP contribution in [0.4, 0.5) is 17.1 Å². The van der Waals surface area contributed by atoms with Gasteiger partial charge in [0.15, 0.2) is 0 Å². The Bertz CT molecular complexity index is 1220. The maximum atomic E-state index is 12.5. The Morgan fingerprint density at radius 1 is 1.24 bits per heavy atom. The van der Waals surface area contributed by atoms with Gasteiger partial charge in [0, 0.05) is 46.1 Å². The molecule has 8 heteroatoms. The second-order valence-corrected chi connectivity index (χ2v) is 8.16. The first kappa shape index (κ1) is 24.2. The molecular weight excluding hydrogens is 482 g/mol. The number of halogens is 1. The smallest absolute Gasteiger partial charge is 0.248 e. The van der Waals surface area contributed by atoms with Crippen LogP contribution in [0.25, 0.3) is 10.9 Å². The van der Waals surface area contributed by atoms with Crippen molar-refractivity contribution in [3.8, 4) is 11.8 Å². The second-order valence-electron chi connectivity index (χ2n) is 7.25. The highest BCUT2D eigenvalue weighted by atomic mass is 79.9. The lowest BCUT2D eigenvalue weighted by Gasteiger charge is -2.15. The van der Waals surface area contributed by atoms with E-state index in [4.69, 9.17) is 4.74 Å². The van der Waals surface area contributed by atoms with Crippen molar-refractivity contribution in [1.29, 1.82) is 5.26 Å². The third-order valence-electron chi connectivity index (χ3n) is 5.17. The Morgan fingerprint density at radius 2 is 2.03 bits per heavy atom. The molecule has 0 radical (unpaired) electrons. The van der Waals surface area contributed by atoms with Crippen molar-refractivity contribution in [2.75, 3.05) is 37.4 Å². The number of pyridine rings is 1. The summed E-state index contributed by atoms with van der Waals surface area (Å²) in [5.41, 5.74) is 2.91. The van der Waals surface area contributed by atoms with Gasteiger partial charge >= 0.3 is 0 Å². The molecule has 0 atom stereocenters. The summed E-state index contributed by atoms with van der Waals surface area (Å²) in [5.74, 6) is 0.256. The zero-order valence-electron chi connectivity index (χ0n) is 18.9. The Kier molecular flexibility index (Phi) is 8.41. The number of aromatic nitrogens is 1. The van der Waals surface area contributed by atoms with Gasteiger partial charge in [0.1, 0.15) is 17.3 Å². The molecule has 0 aliphatic heterocycles. The molecular formula is C25H26BrN5O2. The molecule has 1 heterocycles. The fraction of sp³-hybridized carbons (Fsp3) is 0.240. The highest BCUT2D eigenvalue weighted by Gasteiger charge is 2.15. The van der Waals surface area contributed by atoms with E-state index in [1.807, 2.05) is 30.3 Å². The summed E-state index contributed by atoms with van der Waals surface area (Å²) in [6.45, 7) is 6.72. The number of nitrogens with zero attached hydrogens (tertiary/aromatic N) is 3. The van der Waals surface area contributed by atoms with E-state index in [2.05, 4.69) is 56.4 Å². The van der Waals surface area contributed by atoms with Crippen molar-refractivity contribution in [3.63, 3.8) is 0 Å². The topological polar surface area (TPSA) is 90.3 Å². The minimum absolute atomic E-state index is 0.241. The predicted octanol–water partition coefficient (Wildman–Crippen LogP) is 5.46. The lowest BCUT2D eigenvalue weighted by molar-refractivity contribution is -0.111. The molecule has 7 nitrogen and oxygen atoms in total. The van der Waals surface area contributed by atoms with Crippen LogP contribution in [-0.4, -0.2) is 42.5 Å². The van der Waals surface area contributed by atoms with Crippen LogP contribution < -0.4 is 15.4 Å².